The second-order valence-corrected chi connectivity index (χ2v) is 22.8. The normalized spacial score (nSPS) is 12.9. The molecule has 6 aromatic heterocycles. The number of nitrogens with two attached hydrogens (primary N) is 1. The van der Waals surface area contributed by atoms with E-state index in [9.17, 15) is 44.4 Å². The van der Waals surface area contributed by atoms with Crippen LogP contribution in [-0.4, -0.2) is 97.1 Å². The van der Waals surface area contributed by atoms with E-state index in [2.05, 4.69) is 55.0 Å². The molecule has 0 spiro atoms. The first-order chi connectivity index (χ1) is 43.2. The van der Waals surface area contributed by atoms with Gasteiger partial charge in [0.1, 0.15) is 6.04 Å². The number of hydrogen-bond donors (Lipinski definition) is 9. The van der Waals surface area contributed by atoms with Crippen molar-refractivity contribution in [3.05, 3.63) is 171 Å². The van der Waals surface area contributed by atoms with E-state index in [1.807, 2.05) is 110 Å². The van der Waals surface area contributed by atoms with Crippen molar-refractivity contribution in [2.24, 2.45) is 5.73 Å². The summed E-state index contributed by atoms with van der Waals surface area (Å²) in [6.45, 7) is 32.0. The van der Waals surface area contributed by atoms with Crippen LogP contribution >= 0.6 is 12.6 Å². The van der Waals surface area contributed by atoms with Crippen molar-refractivity contribution in [2.45, 2.75) is 113 Å². The van der Waals surface area contributed by atoms with Crippen LogP contribution in [0.1, 0.15) is 163 Å². The maximum Gasteiger partial charge on any atom is 2.00 e. The molecule has 92 heavy (non-hydrogen) atoms. The van der Waals surface area contributed by atoms with Gasteiger partial charge in [-0.3, -0.25) is 24.0 Å². The fourth-order valence-electron chi connectivity index (χ4n) is 11.5. The summed E-state index contributed by atoms with van der Waals surface area (Å²) in [5.41, 5.74) is 31.3. The van der Waals surface area contributed by atoms with Gasteiger partial charge in [0.15, 0.2) is 0 Å². The molecule has 0 radical (unpaired) electrons. The van der Waals surface area contributed by atoms with Crippen LogP contribution < -0.4 is 15.7 Å². The number of aromatic amines is 2. The molecule has 0 saturated carbocycles. The topological polar surface area (TPSA) is 324 Å². The zero-order valence-electron chi connectivity index (χ0n) is 52.5. The van der Waals surface area contributed by atoms with Crippen LogP contribution in [-0.2, 0) is 47.5 Å². The number of aromatic nitrogens is 8. The van der Waals surface area contributed by atoms with Crippen molar-refractivity contribution in [1.82, 2.24) is 39.9 Å². The van der Waals surface area contributed by atoms with Crippen molar-refractivity contribution in [3.8, 4) is 0 Å². The number of hydrogen-bond acceptors (Lipinski definition) is 11. The Bertz CT molecular complexity index is 4610. The van der Waals surface area contributed by atoms with Gasteiger partial charge < -0.3 is 51.2 Å². The molecule has 10 heterocycles. The molecule has 4 aliphatic heterocycles. The minimum absolute atomic E-state index is 0. The number of carboxylic acid groups (broad SMARTS) is 5. The van der Waals surface area contributed by atoms with Crippen LogP contribution in [0, 0.1) is 27.7 Å². The van der Waals surface area contributed by atoms with Gasteiger partial charge in [0.2, 0.25) is 0 Å². The zero-order chi connectivity index (χ0) is 66.4. The molecule has 0 saturated heterocycles. The Kier molecular flexibility index (Phi) is 22.4. The number of fused-ring (bicyclic) bond motifs is 16. The van der Waals surface area contributed by atoms with Crippen LogP contribution in [0.5, 0.6) is 0 Å². The van der Waals surface area contributed by atoms with Gasteiger partial charge in [-0.2, -0.15) is 12.6 Å². The van der Waals surface area contributed by atoms with Gasteiger partial charge in [0, 0.05) is 70.2 Å². The third-order valence-corrected chi connectivity index (χ3v) is 17.2. The second kappa shape index (κ2) is 29.5. The molecule has 4 aliphatic rings. The maximum atomic E-state index is 11.5. The van der Waals surface area contributed by atoms with Gasteiger partial charge in [-0.1, -0.05) is 91.6 Å². The van der Waals surface area contributed by atoms with Crippen LogP contribution in [0.15, 0.2) is 80.9 Å². The minimum Gasteiger partial charge on any atom is -0.657 e. The first-order valence-electron chi connectivity index (χ1n) is 29.4. The predicted molar refractivity (Wildman–Crippen MR) is 365 cm³/mol. The molecule has 19 nitrogen and oxygen atoms in total. The van der Waals surface area contributed by atoms with Crippen molar-refractivity contribution in [3.63, 3.8) is 0 Å². The van der Waals surface area contributed by atoms with E-state index in [-0.39, 0.29) is 48.5 Å². The SMILES string of the molecule is C=CC1=C(C)c2cc3[n-]c(cc4nc(cc5[n-]c(cc1n2)c(C)c5C=C)C(C)=C4CCC(=O)O)c(CCC(=O)O)c3C.C=Cc1c(C)c2cc3[nH]c(cc4nc(cc5nc(cc1[nH]2)C(C)=C5CCC(=O)O)C(CCC(=O)O)=C4C)c(C)c3C=C.NC(CS)C(=O)O.[Fe+2]. The second-order valence-electron chi connectivity index (χ2n) is 22.4. The smallest absolute Gasteiger partial charge is 0.657 e. The average Bonchev–Trinajstić information content (AvgIpc) is 1.64. The molecule has 1 unspecified atom stereocenters. The quantitative estimate of drug-likeness (QED) is 0.0285. The van der Waals surface area contributed by atoms with Crippen molar-refractivity contribution < 1.29 is 66.6 Å². The number of thiol groups is 1. The molecule has 0 amide bonds. The van der Waals surface area contributed by atoms with E-state index in [4.69, 9.17) is 40.7 Å². The molecule has 21 heteroatoms. The summed E-state index contributed by atoms with van der Waals surface area (Å²) in [4.78, 5) is 92.5. The first kappa shape index (κ1) is 69.8. The summed E-state index contributed by atoms with van der Waals surface area (Å²) in [5, 5.41) is 45.8. The number of H-pyrrole nitrogens is 2. The van der Waals surface area contributed by atoms with Crippen molar-refractivity contribution in [2.75, 3.05) is 5.75 Å². The third kappa shape index (κ3) is 14.9. The zero-order valence-corrected chi connectivity index (χ0v) is 54.5. The summed E-state index contributed by atoms with van der Waals surface area (Å²) in [5.74, 6) is -4.39. The van der Waals surface area contributed by atoms with Gasteiger partial charge in [-0.15, -0.1) is 22.1 Å². The molecule has 10 rings (SSSR count). The minimum atomic E-state index is -1.00. The Hall–Kier alpha value is -9.66. The summed E-state index contributed by atoms with van der Waals surface area (Å²) in [7, 11) is 0. The predicted octanol–water partition coefficient (Wildman–Crippen LogP) is 13.9. The summed E-state index contributed by atoms with van der Waals surface area (Å²) >= 11 is 3.65. The largest absolute Gasteiger partial charge is 2.00 e. The molecule has 476 valence electrons. The number of nitrogens with zero attached hydrogens (tertiary/aromatic N) is 6. The van der Waals surface area contributed by atoms with E-state index < -0.39 is 35.9 Å². The molecular weight excluding hydrogens is 1230 g/mol. The van der Waals surface area contributed by atoms with E-state index in [1.165, 1.54) is 0 Å². The van der Waals surface area contributed by atoms with Gasteiger partial charge in [-0.25, -0.2) is 19.9 Å². The maximum absolute atomic E-state index is 11.5. The van der Waals surface area contributed by atoms with Gasteiger partial charge >= 0.3 is 46.9 Å². The number of aliphatic carboxylic acids is 5. The molecule has 6 aromatic rings. The molecule has 9 N–H and O–H groups in total. The Morgan fingerprint density at radius 3 is 1.27 bits per heavy atom. The first-order valence-corrected chi connectivity index (χ1v) is 30.0. The monoisotopic (exact) mass is 1300 g/mol. The van der Waals surface area contributed by atoms with E-state index in [0.29, 0.717) is 65.0 Å². The summed E-state index contributed by atoms with van der Waals surface area (Å²) in [6.07, 6.45) is 8.26. The summed E-state index contributed by atoms with van der Waals surface area (Å²) < 4.78 is 0. The van der Waals surface area contributed by atoms with E-state index in [1.54, 1.807) is 12.2 Å². The molecule has 1 atom stereocenters. The summed E-state index contributed by atoms with van der Waals surface area (Å²) in [6, 6.07) is 14.7. The van der Waals surface area contributed by atoms with Crippen LogP contribution in [0.2, 0.25) is 0 Å². The Morgan fingerprint density at radius 1 is 0.457 bits per heavy atom. The number of carbonyl (C=O) groups is 5. The van der Waals surface area contributed by atoms with Gasteiger partial charge in [0.25, 0.3) is 0 Å². The number of rotatable bonds is 18. The standard InChI is InChI=1S/2C34H34N4O4.C3H7NO2S.Fe/c2*1-7-21-17(3)25-13-26-19(5)23(9-11-33(39)40)31(37-26)16-32-24(10-12-34(41)42)20(6)28(38-32)15-30-22(8-2)18(4)27(36-30)14-29(21)35-25;4-2(1-7)3(5)6;/h7-8,13-16H,1-2,9-12H2,3-6H3,(H4,35,36,37,38,39,40,41,42);7-8,13-16,35-36H,1-2,9-12H2,3-6H3,(H,39,40)(H,41,42);2,7H,1,4H2,(H,5,6);/q;;;+2/p-2. The number of aryl methyl sites for hydroxylation is 5. The van der Waals surface area contributed by atoms with Gasteiger partial charge in [0.05, 0.1) is 45.6 Å². The van der Waals surface area contributed by atoms with E-state index in [0.717, 1.165) is 139 Å². The Morgan fingerprint density at radius 2 is 0.826 bits per heavy atom. The van der Waals surface area contributed by atoms with Crippen LogP contribution in [0.3, 0.4) is 0 Å². The van der Waals surface area contributed by atoms with Crippen molar-refractivity contribution >= 4 is 149 Å². The van der Waals surface area contributed by atoms with Crippen molar-refractivity contribution in [1.29, 1.82) is 0 Å². The Labute approximate surface area is 548 Å². The molecule has 0 fully saturated rings. The molecule has 0 aromatic carbocycles. The molecule has 0 aliphatic carbocycles. The van der Waals surface area contributed by atoms with E-state index >= 15 is 0 Å². The van der Waals surface area contributed by atoms with Crippen LogP contribution in [0.4, 0.5) is 0 Å². The fraction of sp³-hybridized carbons (Fsp3) is 0.254. The molecule has 16 bridgehead atoms. The fourth-order valence-corrected chi connectivity index (χ4v) is 11.6. The third-order valence-electron chi connectivity index (χ3n) is 16.8. The Balaban J connectivity index is 0.000000234. The van der Waals surface area contributed by atoms with Crippen LogP contribution in [0.25, 0.3) is 107 Å². The average molecular weight is 1300 g/mol. The molecular formula is C71H73FeN9O10S. The number of carboxylic acids is 5. The number of nitrogens with one attached hydrogen (secondary N) is 2. The number of allylic oxidation sites excluding steroid dienone is 9. The van der Waals surface area contributed by atoms with Gasteiger partial charge in [-0.05, 0) is 161 Å².